The van der Waals surface area contributed by atoms with Crippen molar-refractivity contribution >= 4 is 0 Å². The lowest BCUT2D eigenvalue weighted by atomic mass is 9.71. The zero-order valence-electron chi connectivity index (χ0n) is 29.0. The average molecular weight is 563 g/mol. The summed E-state index contributed by atoms with van der Waals surface area (Å²) in [6.07, 6.45) is 7.54. The molecule has 0 spiro atoms. The highest BCUT2D eigenvalue weighted by Gasteiger charge is 2.29. The SMILES string of the molecule is CC(C)(C)C#CC(C)(C)C.CC(C)(C)C1C#CCCCCC1.CC(C)(C)C1Cc2ccccc2C#Cc2ccccc21. The third-order valence-corrected chi connectivity index (χ3v) is 7.58. The molecular weight excluding hydrogens is 504 g/mol. The Kier molecular flexibility index (Phi) is 12.6. The standard InChI is InChI=1S/C20H20.C12H20.C10H18/c1-20(2,3)19-14-17-10-5-4-8-15(17)12-13-16-9-6-7-11-18(16)19;1-12(2,3)11-9-7-5-4-6-8-10-11;1-9(2,3)7-8-10(4,5)6/h4-11,19H,14H2,1-3H3;11H,4-7,9H2,1-3H3;1-6H3. The smallest absolute Gasteiger partial charge is 0.0284 e. The van der Waals surface area contributed by atoms with Gasteiger partial charge in [-0.1, -0.05) is 120 Å². The molecule has 2 atom stereocenters. The lowest BCUT2D eigenvalue weighted by molar-refractivity contribution is 0.279. The minimum atomic E-state index is 0.146. The largest absolute Gasteiger partial charge is 0.103 e. The van der Waals surface area contributed by atoms with Crippen LogP contribution in [0.25, 0.3) is 0 Å². The van der Waals surface area contributed by atoms with Crippen LogP contribution in [0.2, 0.25) is 0 Å². The molecule has 2 aromatic carbocycles. The molecule has 0 heterocycles. The molecular formula is C42H58. The molecule has 0 aromatic heterocycles. The van der Waals surface area contributed by atoms with E-state index in [4.69, 9.17) is 0 Å². The van der Waals surface area contributed by atoms with E-state index in [0.717, 1.165) is 12.8 Å². The van der Waals surface area contributed by atoms with Crippen LogP contribution in [0.5, 0.6) is 0 Å². The van der Waals surface area contributed by atoms with Gasteiger partial charge in [-0.25, -0.2) is 0 Å². The van der Waals surface area contributed by atoms with Gasteiger partial charge in [0.05, 0.1) is 0 Å². The molecule has 0 radical (unpaired) electrons. The van der Waals surface area contributed by atoms with Crippen molar-refractivity contribution in [2.75, 3.05) is 0 Å². The quantitative estimate of drug-likeness (QED) is 0.280. The molecule has 226 valence electrons. The van der Waals surface area contributed by atoms with Crippen molar-refractivity contribution in [3.05, 3.63) is 70.8 Å². The third-order valence-electron chi connectivity index (χ3n) is 7.58. The summed E-state index contributed by atoms with van der Waals surface area (Å²) in [5.41, 5.74) is 6.02. The molecule has 0 saturated heterocycles. The minimum Gasteiger partial charge on any atom is -0.103 e. The predicted octanol–water partition coefficient (Wildman–Crippen LogP) is 11.5. The Hall–Kier alpha value is -2.88. The van der Waals surface area contributed by atoms with Gasteiger partial charge in [0.25, 0.3) is 0 Å². The van der Waals surface area contributed by atoms with Crippen LogP contribution in [0.4, 0.5) is 0 Å². The Morgan fingerprint density at radius 3 is 1.74 bits per heavy atom. The van der Waals surface area contributed by atoms with Crippen LogP contribution in [-0.2, 0) is 6.42 Å². The molecule has 42 heavy (non-hydrogen) atoms. The number of rotatable bonds is 0. The fourth-order valence-electron chi connectivity index (χ4n) is 5.00. The van der Waals surface area contributed by atoms with E-state index in [1.165, 1.54) is 47.9 Å². The molecule has 0 heteroatoms. The van der Waals surface area contributed by atoms with Crippen LogP contribution in [-0.4, -0.2) is 0 Å². The summed E-state index contributed by atoms with van der Waals surface area (Å²) in [6, 6.07) is 17.2. The van der Waals surface area contributed by atoms with E-state index in [0.29, 0.717) is 17.3 Å². The van der Waals surface area contributed by atoms with E-state index < -0.39 is 0 Å². The van der Waals surface area contributed by atoms with E-state index in [9.17, 15) is 0 Å². The van der Waals surface area contributed by atoms with Gasteiger partial charge in [0.15, 0.2) is 0 Å². The molecule has 2 aromatic rings. The first-order valence-corrected chi connectivity index (χ1v) is 16.1. The molecule has 2 aliphatic rings. The second-order valence-corrected chi connectivity index (χ2v) is 16.2. The summed E-state index contributed by atoms with van der Waals surface area (Å²) < 4.78 is 0. The van der Waals surface area contributed by atoms with Crippen molar-refractivity contribution in [3.8, 4) is 35.5 Å². The molecule has 2 aliphatic carbocycles. The van der Waals surface area contributed by atoms with Crippen LogP contribution in [0, 0.1) is 63.1 Å². The highest BCUT2D eigenvalue weighted by Crippen LogP contribution is 2.40. The molecule has 2 unspecified atom stereocenters. The summed E-state index contributed by atoms with van der Waals surface area (Å²) in [4.78, 5) is 0. The van der Waals surface area contributed by atoms with Gasteiger partial charge in [0, 0.05) is 34.3 Å². The first-order valence-electron chi connectivity index (χ1n) is 16.1. The summed E-state index contributed by atoms with van der Waals surface area (Å²) in [5, 5.41) is 0. The van der Waals surface area contributed by atoms with Crippen molar-refractivity contribution in [3.63, 3.8) is 0 Å². The van der Waals surface area contributed by atoms with E-state index in [1.54, 1.807) is 0 Å². The van der Waals surface area contributed by atoms with Crippen molar-refractivity contribution in [1.29, 1.82) is 0 Å². The van der Waals surface area contributed by atoms with E-state index in [-0.39, 0.29) is 16.2 Å². The lowest BCUT2D eigenvalue weighted by Crippen LogP contribution is -2.22. The number of hydrogen-bond donors (Lipinski definition) is 0. The fourth-order valence-corrected chi connectivity index (χ4v) is 5.00. The van der Waals surface area contributed by atoms with Crippen molar-refractivity contribution in [1.82, 2.24) is 0 Å². The van der Waals surface area contributed by atoms with Gasteiger partial charge in [0.1, 0.15) is 0 Å². The molecule has 0 N–H and O–H groups in total. The van der Waals surface area contributed by atoms with Gasteiger partial charge in [-0.15, -0.1) is 5.92 Å². The van der Waals surface area contributed by atoms with Gasteiger partial charge in [-0.3, -0.25) is 0 Å². The molecule has 0 bridgehead atoms. The molecule has 0 nitrogen and oxygen atoms in total. The zero-order valence-corrected chi connectivity index (χ0v) is 29.0. The summed E-state index contributed by atoms with van der Waals surface area (Å²) in [6.45, 7) is 26.7. The van der Waals surface area contributed by atoms with E-state index in [2.05, 4.69) is 167 Å². The predicted molar refractivity (Wildman–Crippen MR) is 185 cm³/mol. The lowest BCUT2D eigenvalue weighted by Gasteiger charge is -2.33. The molecule has 0 aliphatic heterocycles. The summed E-state index contributed by atoms with van der Waals surface area (Å²) in [5.74, 6) is 21.0. The maximum atomic E-state index is 3.41. The Balaban J connectivity index is 0.000000241. The maximum Gasteiger partial charge on any atom is 0.0284 e. The second-order valence-electron chi connectivity index (χ2n) is 16.2. The number of fused-ring (bicyclic) bond motifs is 2. The van der Waals surface area contributed by atoms with Crippen LogP contribution < -0.4 is 0 Å². The second kappa shape index (κ2) is 15.0. The summed E-state index contributed by atoms with van der Waals surface area (Å²) >= 11 is 0. The Bertz CT molecular complexity index is 1300. The van der Waals surface area contributed by atoms with Crippen LogP contribution in [0.15, 0.2) is 48.5 Å². The van der Waals surface area contributed by atoms with E-state index >= 15 is 0 Å². The fraction of sp³-hybridized carbons (Fsp3) is 0.571. The van der Waals surface area contributed by atoms with Crippen molar-refractivity contribution in [2.24, 2.45) is 27.6 Å². The number of hydrogen-bond acceptors (Lipinski definition) is 0. The van der Waals surface area contributed by atoms with Crippen LogP contribution in [0.3, 0.4) is 0 Å². The highest BCUT2D eigenvalue weighted by atomic mass is 14.3. The van der Waals surface area contributed by atoms with Gasteiger partial charge >= 0.3 is 0 Å². The zero-order chi connectivity index (χ0) is 31.6. The highest BCUT2D eigenvalue weighted by molar-refractivity contribution is 5.53. The average Bonchev–Trinajstić information content (AvgIpc) is 2.82. The van der Waals surface area contributed by atoms with Crippen molar-refractivity contribution < 1.29 is 0 Å². The van der Waals surface area contributed by atoms with Crippen LogP contribution in [0.1, 0.15) is 143 Å². The molecule has 0 fully saturated rings. The third kappa shape index (κ3) is 13.0. The monoisotopic (exact) mass is 562 g/mol. The normalized spacial score (nSPS) is 18.2. The Morgan fingerprint density at radius 1 is 0.619 bits per heavy atom. The van der Waals surface area contributed by atoms with Gasteiger partial charge in [-0.05, 0) is 101 Å². The van der Waals surface area contributed by atoms with Crippen molar-refractivity contribution in [2.45, 2.75) is 128 Å². The maximum absolute atomic E-state index is 3.41. The van der Waals surface area contributed by atoms with Gasteiger partial charge in [-0.2, -0.15) is 0 Å². The van der Waals surface area contributed by atoms with Gasteiger partial charge < -0.3 is 0 Å². The van der Waals surface area contributed by atoms with Crippen LogP contribution >= 0.6 is 0 Å². The molecule has 0 saturated carbocycles. The topological polar surface area (TPSA) is 0 Å². The minimum absolute atomic E-state index is 0.146. The van der Waals surface area contributed by atoms with Gasteiger partial charge in [0.2, 0.25) is 0 Å². The van der Waals surface area contributed by atoms with E-state index in [1.807, 2.05) is 0 Å². The molecule has 4 rings (SSSR count). The first kappa shape index (κ1) is 35.3. The summed E-state index contributed by atoms with van der Waals surface area (Å²) in [7, 11) is 0. The Morgan fingerprint density at radius 2 is 1.17 bits per heavy atom. The number of benzene rings is 2. The molecule has 0 amide bonds. The first-order chi connectivity index (χ1) is 19.4. The Labute approximate surface area is 260 Å².